The molecule has 17 heavy (non-hydrogen) atoms. The van der Waals surface area contributed by atoms with Crippen LogP contribution in [0.1, 0.15) is 25.5 Å². The van der Waals surface area contributed by atoms with Crippen LogP contribution in [0.2, 0.25) is 0 Å². The summed E-state index contributed by atoms with van der Waals surface area (Å²) in [4.78, 5) is 0. The van der Waals surface area contributed by atoms with E-state index in [4.69, 9.17) is 10.5 Å². The molecule has 96 valence electrons. The summed E-state index contributed by atoms with van der Waals surface area (Å²) >= 11 is 0. The molecule has 0 aliphatic carbocycles. The van der Waals surface area contributed by atoms with E-state index in [1.54, 1.807) is 0 Å². The molecule has 0 heterocycles. The van der Waals surface area contributed by atoms with Crippen LogP contribution in [0.15, 0.2) is 24.3 Å². The van der Waals surface area contributed by atoms with Crippen LogP contribution in [0, 0.1) is 5.92 Å². The highest BCUT2D eigenvalue weighted by molar-refractivity contribution is 5.29. The van der Waals surface area contributed by atoms with E-state index in [9.17, 15) is 13.2 Å². The minimum absolute atomic E-state index is 0.0365. The Kier molecular flexibility index (Phi) is 4.40. The molecule has 0 fully saturated rings. The predicted octanol–water partition coefficient (Wildman–Crippen LogP) is 3.28. The molecule has 2 nitrogen and oxygen atoms in total. The fourth-order valence-corrected chi connectivity index (χ4v) is 1.22. The molecule has 0 saturated carbocycles. The Morgan fingerprint density at radius 3 is 2.12 bits per heavy atom. The minimum Gasteiger partial charge on any atom is -0.493 e. The zero-order valence-corrected chi connectivity index (χ0v) is 9.79. The smallest absolute Gasteiger partial charge is 0.407 e. The largest absolute Gasteiger partial charge is 0.493 e. The maximum absolute atomic E-state index is 12.3. The molecule has 0 spiro atoms. The lowest BCUT2D eigenvalue weighted by atomic mass is 10.1. The molecule has 1 rings (SSSR count). The summed E-state index contributed by atoms with van der Waals surface area (Å²) < 4.78 is 42.4. The molecular formula is C12H16F3NO. The number of alkyl halides is 3. The highest BCUT2D eigenvalue weighted by Gasteiger charge is 2.37. The van der Waals surface area contributed by atoms with Crippen LogP contribution in [0.25, 0.3) is 0 Å². The van der Waals surface area contributed by atoms with Gasteiger partial charge in [0.05, 0.1) is 6.61 Å². The summed E-state index contributed by atoms with van der Waals surface area (Å²) in [7, 11) is 0. The number of halogens is 3. The van der Waals surface area contributed by atoms with Gasteiger partial charge in [0.15, 0.2) is 0 Å². The van der Waals surface area contributed by atoms with Crippen molar-refractivity contribution in [2.24, 2.45) is 11.7 Å². The average molecular weight is 247 g/mol. The SMILES string of the molecule is CC(C)COc1ccc([C@H](N)C(F)(F)F)cc1. The maximum Gasteiger partial charge on any atom is 0.407 e. The Morgan fingerprint density at radius 1 is 1.18 bits per heavy atom. The van der Waals surface area contributed by atoms with Gasteiger partial charge in [-0.15, -0.1) is 0 Å². The van der Waals surface area contributed by atoms with E-state index in [1.807, 2.05) is 13.8 Å². The zero-order chi connectivity index (χ0) is 13.1. The van der Waals surface area contributed by atoms with Gasteiger partial charge in [-0.05, 0) is 23.6 Å². The van der Waals surface area contributed by atoms with Gasteiger partial charge >= 0.3 is 6.18 Å². The van der Waals surface area contributed by atoms with Crippen molar-refractivity contribution in [3.05, 3.63) is 29.8 Å². The Morgan fingerprint density at radius 2 is 1.71 bits per heavy atom. The molecule has 0 aliphatic rings. The van der Waals surface area contributed by atoms with E-state index in [0.29, 0.717) is 18.3 Å². The normalized spacial score (nSPS) is 13.8. The zero-order valence-electron chi connectivity index (χ0n) is 9.79. The van der Waals surface area contributed by atoms with Gasteiger partial charge in [0.1, 0.15) is 11.8 Å². The summed E-state index contributed by atoms with van der Waals surface area (Å²) in [6, 6.07) is 3.75. The molecule has 0 unspecified atom stereocenters. The van der Waals surface area contributed by atoms with Gasteiger partial charge in [-0.2, -0.15) is 13.2 Å². The first kappa shape index (κ1) is 13.8. The molecule has 0 saturated heterocycles. The van der Waals surface area contributed by atoms with E-state index in [0.717, 1.165) is 0 Å². The van der Waals surface area contributed by atoms with Gasteiger partial charge in [-0.1, -0.05) is 26.0 Å². The van der Waals surface area contributed by atoms with Crippen molar-refractivity contribution in [3.63, 3.8) is 0 Å². The van der Waals surface area contributed by atoms with E-state index < -0.39 is 12.2 Å². The molecule has 1 aromatic rings. The molecule has 1 atom stereocenters. The third-order valence-electron chi connectivity index (χ3n) is 2.18. The Bertz CT molecular complexity index is 346. The molecule has 1 aromatic carbocycles. The summed E-state index contributed by atoms with van der Waals surface area (Å²) in [6.07, 6.45) is -4.42. The van der Waals surface area contributed by atoms with Gasteiger partial charge < -0.3 is 10.5 Å². The first-order valence-electron chi connectivity index (χ1n) is 5.35. The second kappa shape index (κ2) is 5.40. The summed E-state index contributed by atoms with van der Waals surface area (Å²) in [5, 5.41) is 0. The van der Waals surface area contributed by atoms with Crippen LogP contribution in [0.5, 0.6) is 5.75 Å². The second-order valence-corrected chi connectivity index (χ2v) is 4.29. The maximum atomic E-state index is 12.3. The molecule has 0 bridgehead atoms. The molecule has 0 aliphatic heterocycles. The van der Waals surface area contributed by atoms with E-state index >= 15 is 0 Å². The number of benzene rings is 1. The van der Waals surface area contributed by atoms with Crippen molar-refractivity contribution < 1.29 is 17.9 Å². The monoisotopic (exact) mass is 247 g/mol. The van der Waals surface area contributed by atoms with E-state index in [2.05, 4.69) is 0 Å². The van der Waals surface area contributed by atoms with Crippen LogP contribution >= 0.6 is 0 Å². The third-order valence-corrected chi connectivity index (χ3v) is 2.18. The van der Waals surface area contributed by atoms with E-state index in [1.165, 1.54) is 24.3 Å². The quantitative estimate of drug-likeness (QED) is 0.886. The molecular weight excluding hydrogens is 231 g/mol. The van der Waals surface area contributed by atoms with Crippen molar-refractivity contribution in [2.45, 2.75) is 26.1 Å². The molecule has 2 N–H and O–H groups in total. The second-order valence-electron chi connectivity index (χ2n) is 4.29. The number of hydrogen-bond donors (Lipinski definition) is 1. The van der Waals surface area contributed by atoms with Crippen molar-refractivity contribution >= 4 is 0 Å². The molecule has 0 radical (unpaired) electrons. The first-order valence-corrected chi connectivity index (χ1v) is 5.35. The van der Waals surface area contributed by atoms with Crippen LogP contribution in [0.4, 0.5) is 13.2 Å². The summed E-state index contributed by atoms with van der Waals surface area (Å²) in [5.41, 5.74) is 5.11. The minimum atomic E-state index is -4.42. The standard InChI is InChI=1S/C12H16F3NO/c1-8(2)7-17-10-5-3-9(4-6-10)11(16)12(13,14)15/h3-6,8,11H,7,16H2,1-2H3/t11-/m0/s1. The summed E-state index contributed by atoms with van der Waals surface area (Å²) in [6.45, 7) is 4.52. The van der Waals surface area contributed by atoms with Gasteiger partial charge in [-0.3, -0.25) is 0 Å². The number of nitrogens with two attached hydrogens (primary N) is 1. The Labute approximate surface area is 98.6 Å². The highest BCUT2D eigenvalue weighted by Crippen LogP contribution is 2.31. The lowest BCUT2D eigenvalue weighted by Gasteiger charge is -2.16. The summed E-state index contributed by atoms with van der Waals surface area (Å²) in [5.74, 6) is 0.920. The van der Waals surface area contributed by atoms with Crippen LogP contribution in [0.3, 0.4) is 0 Å². The third kappa shape index (κ3) is 4.26. The fourth-order valence-electron chi connectivity index (χ4n) is 1.22. The van der Waals surface area contributed by atoms with Crippen molar-refractivity contribution in [1.82, 2.24) is 0 Å². The predicted molar refractivity (Wildman–Crippen MR) is 59.8 cm³/mol. The van der Waals surface area contributed by atoms with Crippen LogP contribution in [-0.2, 0) is 0 Å². The van der Waals surface area contributed by atoms with Gasteiger partial charge in [0, 0.05) is 0 Å². The molecule has 5 heteroatoms. The number of ether oxygens (including phenoxy) is 1. The Balaban J connectivity index is 2.68. The van der Waals surface area contributed by atoms with Gasteiger partial charge in [0.2, 0.25) is 0 Å². The lowest BCUT2D eigenvalue weighted by Crippen LogP contribution is -2.28. The van der Waals surface area contributed by atoms with Crippen molar-refractivity contribution in [3.8, 4) is 5.75 Å². The Hall–Kier alpha value is -1.23. The number of rotatable bonds is 4. The topological polar surface area (TPSA) is 35.2 Å². The first-order chi connectivity index (χ1) is 7.80. The number of hydrogen-bond acceptors (Lipinski definition) is 2. The van der Waals surface area contributed by atoms with E-state index in [-0.39, 0.29) is 5.56 Å². The molecule has 0 amide bonds. The van der Waals surface area contributed by atoms with Crippen LogP contribution in [-0.4, -0.2) is 12.8 Å². The lowest BCUT2D eigenvalue weighted by molar-refractivity contribution is -0.149. The van der Waals surface area contributed by atoms with Crippen LogP contribution < -0.4 is 10.5 Å². The molecule has 0 aromatic heterocycles. The van der Waals surface area contributed by atoms with Gasteiger partial charge in [-0.25, -0.2) is 0 Å². The van der Waals surface area contributed by atoms with Gasteiger partial charge in [0.25, 0.3) is 0 Å². The highest BCUT2D eigenvalue weighted by atomic mass is 19.4. The average Bonchev–Trinajstić information content (AvgIpc) is 2.25. The van der Waals surface area contributed by atoms with Crippen molar-refractivity contribution in [2.75, 3.05) is 6.61 Å². The van der Waals surface area contributed by atoms with Crippen molar-refractivity contribution in [1.29, 1.82) is 0 Å². The fraction of sp³-hybridized carbons (Fsp3) is 0.500.